The van der Waals surface area contributed by atoms with Crippen LogP contribution in [-0.2, 0) is 27.8 Å². The number of aliphatic hydroxyl groups excluding tert-OH is 2. The van der Waals surface area contributed by atoms with Crippen LogP contribution in [0.2, 0.25) is 0 Å². The van der Waals surface area contributed by atoms with Gasteiger partial charge in [0.2, 0.25) is 0 Å². The number of hydrogen-bond donors (Lipinski definition) is 6. The third-order valence-corrected chi connectivity index (χ3v) is 2.04. The van der Waals surface area contributed by atoms with Crippen molar-refractivity contribution in [1.29, 1.82) is 0 Å². The van der Waals surface area contributed by atoms with E-state index in [1.54, 1.807) is 0 Å². The Kier molecular flexibility index (Phi) is 27.7. The van der Waals surface area contributed by atoms with E-state index in [-0.39, 0.29) is 162 Å². The van der Waals surface area contributed by atoms with Crippen LogP contribution in [0.3, 0.4) is 0 Å². The van der Waals surface area contributed by atoms with Crippen LogP contribution >= 0.6 is 15.6 Å². The summed E-state index contributed by atoms with van der Waals surface area (Å²) in [5.74, 6) is -4.17. The maximum atomic E-state index is 10.7. The summed E-state index contributed by atoms with van der Waals surface area (Å²) in [5.41, 5.74) is 0. The first-order valence-corrected chi connectivity index (χ1v) is 6.83. The van der Waals surface area contributed by atoms with Gasteiger partial charge in [-0.2, -0.15) is 0 Å². The number of carbonyl (C=O) groups is 2. The van der Waals surface area contributed by atoms with Crippen molar-refractivity contribution in [2.75, 3.05) is 0 Å². The fraction of sp³-hybridized carbons (Fsp3) is 0.500. The van der Waals surface area contributed by atoms with E-state index >= 15 is 0 Å². The second kappa shape index (κ2) is 16.4. The van der Waals surface area contributed by atoms with Gasteiger partial charge in [-0.15, -0.1) is 0 Å². The first-order chi connectivity index (χ1) is 7.83. The van der Waals surface area contributed by atoms with Gasteiger partial charge < -0.3 is 19.3 Å². The Hall–Kier alpha value is 4.43. The molecule has 0 aromatic rings. The van der Waals surface area contributed by atoms with Gasteiger partial charge in [-0.3, -0.25) is 19.6 Å². The van der Waals surface area contributed by atoms with Gasteiger partial charge in [-0.25, -0.2) is 18.7 Å². The molecule has 0 saturated carbocycles. The zero-order valence-corrected chi connectivity index (χ0v) is 9.97. The van der Waals surface area contributed by atoms with Crippen LogP contribution in [0.1, 0.15) is 0 Å². The summed E-state index contributed by atoms with van der Waals surface area (Å²) in [6.07, 6.45) is -5.59. The summed E-state index contributed by atoms with van der Waals surface area (Å²) in [6.45, 7) is 0. The van der Waals surface area contributed by atoms with Gasteiger partial charge in [0.25, 0.3) is 0 Å². The van der Waals surface area contributed by atoms with E-state index < -0.39 is 39.8 Å². The molecule has 0 aromatic heterocycles. The molecule has 0 aliphatic rings. The Labute approximate surface area is 253 Å². The van der Waals surface area contributed by atoms with E-state index in [0.29, 0.717) is 0 Å². The van der Waals surface area contributed by atoms with E-state index in [2.05, 4.69) is 9.05 Å². The van der Waals surface area contributed by atoms with Crippen molar-refractivity contribution < 1.29 is 57.6 Å². The number of hydrogen-bond acceptors (Lipinski definition) is 8. The Morgan fingerprint density at radius 2 is 0.909 bits per heavy atom. The molecule has 18 heteroatoms. The van der Waals surface area contributed by atoms with E-state index in [0.717, 1.165) is 0 Å². The molecule has 0 bridgehead atoms. The molecule has 2 atom stereocenters. The number of aliphatic hydroxyl groups is 2. The van der Waals surface area contributed by atoms with Crippen LogP contribution in [0.25, 0.3) is 0 Å². The fourth-order valence-corrected chi connectivity index (χ4v) is 1.29. The normalized spacial score (nSPS) is 12.8. The first-order valence-electron chi connectivity index (χ1n) is 3.77. The summed E-state index contributed by atoms with van der Waals surface area (Å²) in [6, 6.07) is 0. The molecule has 0 heterocycles. The van der Waals surface area contributed by atoms with E-state index in [1.165, 1.54) is 0 Å². The van der Waals surface area contributed by atoms with Crippen LogP contribution in [0.5, 0.6) is 0 Å². The number of phosphoric ester groups is 2. The molecular formula is C4H12K2Na2O12P2. The molecule has 114 valence electrons. The molecule has 0 aromatic carbocycles. The molecular weight excluding hydrogens is 426 g/mol. The molecule has 0 aliphatic carbocycles. The van der Waals surface area contributed by atoms with Crippen LogP contribution < -0.4 is 0 Å². The third-order valence-electron chi connectivity index (χ3n) is 1.20. The maximum absolute atomic E-state index is 10.7. The minimum atomic E-state index is -5.31. The van der Waals surface area contributed by atoms with E-state index in [9.17, 15) is 18.7 Å². The SMILES string of the molecule is O=C(OP(=O)(O)O)C(O)C(O)C(=O)OP(=O)(O)O.[KH].[KH].[NaH].[NaH]. The summed E-state index contributed by atoms with van der Waals surface area (Å²) < 4.78 is 27.0. The molecule has 0 spiro atoms. The number of phosphoric acid groups is 2. The first kappa shape index (κ1) is 37.2. The van der Waals surface area contributed by atoms with Gasteiger partial charge >= 0.3 is 189 Å². The molecule has 0 fully saturated rings. The van der Waals surface area contributed by atoms with Crippen molar-refractivity contribution in [3.63, 3.8) is 0 Å². The summed E-state index contributed by atoms with van der Waals surface area (Å²) in [7, 11) is -10.6. The Morgan fingerprint density at radius 3 is 1.05 bits per heavy atom. The molecule has 0 amide bonds. The van der Waals surface area contributed by atoms with Crippen LogP contribution in [0.15, 0.2) is 0 Å². The monoisotopic (exact) mass is 438 g/mol. The molecule has 22 heavy (non-hydrogen) atoms. The molecule has 0 aliphatic heterocycles. The molecule has 2 unspecified atom stereocenters. The second-order valence-electron chi connectivity index (χ2n) is 2.69. The molecule has 0 saturated heterocycles. The van der Waals surface area contributed by atoms with Crippen LogP contribution in [-0.4, -0.2) is 216 Å². The van der Waals surface area contributed by atoms with Crippen molar-refractivity contribution in [1.82, 2.24) is 0 Å². The van der Waals surface area contributed by atoms with Gasteiger partial charge in [-0.05, 0) is 0 Å². The molecule has 12 nitrogen and oxygen atoms in total. The van der Waals surface area contributed by atoms with Gasteiger partial charge in [0.1, 0.15) is 0 Å². The van der Waals surface area contributed by atoms with Crippen molar-refractivity contribution in [3.8, 4) is 0 Å². The average molecular weight is 438 g/mol. The van der Waals surface area contributed by atoms with Gasteiger partial charge in [-0.1, -0.05) is 0 Å². The summed E-state index contributed by atoms with van der Waals surface area (Å²) in [5, 5.41) is 17.8. The topological polar surface area (TPSA) is 208 Å². The van der Waals surface area contributed by atoms with Crippen LogP contribution in [0.4, 0.5) is 0 Å². The molecule has 6 N–H and O–H groups in total. The van der Waals surface area contributed by atoms with Gasteiger partial charge in [0, 0.05) is 0 Å². The molecule has 0 rings (SSSR count). The zero-order valence-electron chi connectivity index (χ0n) is 8.18. The standard InChI is InChI=1S/C4H8O12P2.2K.2Na.4H/c5-1(3(7)15-17(9,10)11)2(6)4(8)16-18(12,13)14;;;;;;;;/h1-2,5-6H,(H2,9,10,11)(H2,12,13,14);;;;;;;;. The van der Waals surface area contributed by atoms with E-state index in [4.69, 9.17) is 29.8 Å². The van der Waals surface area contributed by atoms with Crippen molar-refractivity contribution in [3.05, 3.63) is 0 Å². The summed E-state index contributed by atoms with van der Waals surface area (Å²) in [4.78, 5) is 54.2. The Morgan fingerprint density at radius 1 is 0.727 bits per heavy atom. The number of carbonyl (C=O) groups excluding carboxylic acids is 2. The zero-order chi connectivity index (χ0) is 14.7. The van der Waals surface area contributed by atoms with Crippen LogP contribution in [0, 0.1) is 0 Å². The average Bonchev–Trinajstić information content (AvgIpc) is 2.09. The fourth-order valence-electron chi connectivity index (χ4n) is 0.600. The van der Waals surface area contributed by atoms with Crippen molar-refractivity contribution in [2.45, 2.75) is 12.2 Å². The predicted molar refractivity (Wildman–Crippen MR) is 76.9 cm³/mol. The quantitative estimate of drug-likeness (QED) is 0.175. The Balaban J connectivity index is -0.000000241. The minimum absolute atomic E-state index is 0. The molecule has 0 radical (unpaired) electrons. The third kappa shape index (κ3) is 19.2. The van der Waals surface area contributed by atoms with Gasteiger partial charge in [0.15, 0.2) is 12.2 Å². The Bertz CT molecular complexity index is 395. The van der Waals surface area contributed by atoms with E-state index in [1.807, 2.05) is 0 Å². The predicted octanol–water partition coefficient (Wildman–Crippen LogP) is -5.61. The van der Waals surface area contributed by atoms with Crippen molar-refractivity contribution in [2.24, 2.45) is 0 Å². The van der Waals surface area contributed by atoms with Crippen molar-refractivity contribution >= 4 is 189 Å². The summed E-state index contributed by atoms with van der Waals surface area (Å²) >= 11 is 0. The second-order valence-corrected chi connectivity index (χ2v) is 5.02. The number of rotatable bonds is 5. The van der Waals surface area contributed by atoms with Gasteiger partial charge in [0.05, 0.1) is 0 Å².